The summed E-state index contributed by atoms with van der Waals surface area (Å²) in [6.07, 6.45) is 0. The minimum atomic E-state index is -0.952. The molecule has 0 aliphatic rings. The van der Waals surface area contributed by atoms with E-state index in [0.717, 1.165) is 22.1 Å². The van der Waals surface area contributed by atoms with Gasteiger partial charge in [-0.1, -0.05) is 29.8 Å². The van der Waals surface area contributed by atoms with Gasteiger partial charge < -0.3 is 9.52 Å². The van der Waals surface area contributed by atoms with Crippen molar-refractivity contribution in [2.24, 2.45) is 0 Å². The minimum absolute atomic E-state index is 0.284. The molecule has 4 nitrogen and oxygen atoms in total. The smallest absolute Gasteiger partial charge is 0.336 e. The summed E-state index contributed by atoms with van der Waals surface area (Å²) in [5.41, 5.74) is 4.91. The van der Waals surface area contributed by atoms with Crippen LogP contribution in [0.15, 0.2) is 46.9 Å². The molecule has 1 N–H and O–H groups in total. The van der Waals surface area contributed by atoms with E-state index in [1.165, 1.54) is 0 Å². The van der Waals surface area contributed by atoms with Gasteiger partial charge in [0.1, 0.15) is 11.3 Å². The summed E-state index contributed by atoms with van der Waals surface area (Å²) >= 11 is 0. The van der Waals surface area contributed by atoms with Gasteiger partial charge in [-0.15, -0.1) is 0 Å². The van der Waals surface area contributed by atoms with E-state index >= 15 is 0 Å². The first kappa shape index (κ1) is 15.4. The standard InChI is InChI=1S/C21H17NO3/c1-11-8-12(2)19-15(9-11)18(21(23)24)13(3)20(22-19)17-10-14-6-4-5-7-16(14)25-17/h4-10H,1-3H3,(H,23,24). The zero-order chi connectivity index (χ0) is 17.7. The Bertz CT molecular complexity index is 1120. The Hall–Kier alpha value is -3.14. The Labute approximate surface area is 144 Å². The zero-order valence-electron chi connectivity index (χ0n) is 14.3. The summed E-state index contributed by atoms with van der Waals surface area (Å²) in [7, 11) is 0. The number of carboxylic acid groups (broad SMARTS) is 1. The van der Waals surface area contributed by atoms with Crippen LogP contribution in [-0.4, -0.2) is 16.1 Å². The van der Waals surface area contributed by atoms with Crippen molar-refractivity contribution in [3.8, 4) is 11.5 Å². The lowest BCUT2D eigenvalue weighted by atomic mass is 9.97. The highest BCUT2D eigenvalue weighted by Gasteiger charge is 2.21. The summed E-state index contributed by atoms with van der Waals surface area (Å²) < 4.78 is 5.93. The van der Waals surface area contributed by atoms with Crippen molar-refractivity contribution in [1.29, 1.82) is 0 Å². The fraction of sp³-hybridized carbons (Fsp3) is 0.143. The number of carbonyl (C=O) groups is 1. The topological polar surface area (TPSA) is 63.3 Å². The van der Waals surface area contributed by atoms with Crippen molar-refractivity contribution in [2.45, 2.75) is 20.8 Å². The molecule has 2 heterocycles. The molecule has 0 saturated heterocycles. The molecular weight excluding hydrogens is 314 g/mol. The SMILES string of the molecule is Cc1cc(C)c2nc(-c3cc4ccccc4o3)c(C)c(C(=O)O)c2c1. The molecule has 0 aliphatic heterocycles. The second kappa shape index (κ2) is 5.45. The van der Waals surface area contributed by atoms with Crippen molar-refractivity contribution < 1.29 is 14.3 Å². The number of rotatable bonds is 2. The molecule has 4 rings (SSSR count). The third-order valence-electron chi connectivity index (χ3n) is 4.54. The van der Waals surface area contributed by atoms with Crippen molar-refractivity contribution in [2.75, 3.05) is 0 Å². The fourth-order valence-electron chi connectivity index (χ4n) is 3.43. The first-order chi connectivity index (χ1) is 12.0. The van der Waals surface area contributed by atoms with Gasteiger partial charge in [-0.25, -0.2) is 9.78 Å². The molecule has 0 aliphatic carbocycles. The van der Waals surface area contributed by atoms with Gasteiger partial charge in [0.05, 0.1) is 11.1 Å². The molecule has 0 bridgehead atoms. The summed E-state index contributed by atoms with van der Waals surface area (Å²) in [4.78, 5) is 16.7. The van der Waals surface area contributed by atoms with Gasteiger partial charge >= 0.3 is 5.97 Å². The van der Waals surface area contributed by atoms with E-state index in [0.29, 0.717) is 27.9 Å². The highest BCUT2D eigenvalue weighted by atomic mass is 16.4. The predicted molar refractivity (Wildman–Crippen MR) is 98.1 cm³/mol. The van der Waals surface area contributed by atoms with E-state index in [9.17, 15) is 9.90 Å². The van der Waals surface area contributed by atoms with Crippen LogP contribution in [0.4, 0.5) is 0 Å². The molecule has 0 saturated carbocycles. The first-order valence-corrected chi connectivity index (χ1v) is 8.09. The number of nitrogens with zero attached hydrogens (tertiary/aromatic N) is 1. The Balaban J connectivity index is 2.10. The molecule has 2 aromatic carbocycles. The third kappa shape index (κ3) is 2.38. The average molecular weight is 331 g/mol. The number of para-hydroxylation sites is 1. The maximum atomic E-state index is 12.0. The molecule has 124 valence electrons. The molecular formula is C21H17NO3. The Morgan fingerprint density at radius 1 is 1.08 bits per heavy atom. The number of fused-ring (bicyclic) bond motifs is 2. The lowest BCUT2D eigenvalue weighted by Gasteiger charge is -2.12. The molecule has 0 unspecified atom stereocenters. The molecule has 0 atom stereocenters. The molecule has 0 spiro atoms. The van der Waals surface area contributed by atoms with Crippen molar-refractivity contribution in [1.82, 2.24) is 4.98 Å². The summed E-state index contributed by atoms with van der Waals surface area (Å²) in [6, 6.07) is 13.5. The Morgan fingerprint density at radius 3 is 2.56 bits per heavy atom. The van der Waals surface area contributed by atoms with Gasteiger partial charge in [0, 0.05) is 10.8 Å². The zero-order valence-corrected chi connectivity index (χ0v) is 14.3. The van der Waals surface area contributed by atoms with E-state index in [4.69, 9.17) is 9.40 Å². The summed E-state index contributed by atoms with van der Waals surface area (Å²) in [5.74, 6) is -0.365. The fourth-order valence-corrected chi connectivity index (χ4v) is 3.43. The van der Waals surface area contributed by atoms with Crippen molar-refractivity contribution >= 4 is 27.8 Å². The second-order valence-corrected chi connectivity index (χ2v) is 6.39. The van der Waals surface area contributed by atoms with E-state index in [1.54, 1.807) is 6.92 Å². The number of furan rings is 1. The van der Waals surface area contributed by atoms with Crippen LogP contribution in [0.1, 0.15) is 27.0 Å². The van der Waals surface area contributed by atoms with Crippen LogP contribution < -0.4 is 0 Å². The van der Waals surface area contributed by atoms with Crippen LogP contribution in [0.25, 0.3) is 33.3 Å². The molecule has 0 amide bonds. The molecule has 2 aromatic heterocycles. The lowest BCUT2D eigenvalue weighted by Crippen LogP contribution is -2.05. The highest BCUT2D eigenvalue weighted by Crippen LogP contribution is 2.34. The van der Waals surface area contributed by atoms with Gasteiger partial charge in [-0.3, -0.25) is 0 Å². The molecule has 0 fully saturated rings. The van der Waals surface area contributed by atoms with Crippen molar-refractivity contribution in [3.05, 3.63) is 64.7 Å². The second-order valence-electron chi connectivity index (χ2n) is 6.39. The van der Waals surface area contributed by atoms with Gasteiger partial charge in [0.25, 0.3) is 0 Å². The van der Waals surface area contributed by atoms with Gasteiger partial charge in [-0.2, -0.15) is 0 Å². The molecule has 4 aromatic rings. The van der Waals surface area contributed by atoms with E-state index in [2.05, 4.69) is 0 Å². The summed E-state index contributed by atoms with van der Waals surface area (Å²) in [6.45, 7) is 5.70. The van der Waals surface area contributed by atoms with Crippen LogP contribution in [-0.2, 0) is 0 Å². The minimum Gasteiger partial charge on any atom is -0.478 e. The number of carboxylic acids is 1. The Kier molecular flexibility index (Phi) is 3.35. The van der Waals surface area contributed by atoms with Crippen LogP contribution in [0.5, 0.6) is 0 Å². The van der Waals surface area contributed by atoms with Crippen LogP contribution in [0.2, 0.25) is 0 Å². The average Bonchev–Trinajstić information content (AvgIpc) is 2.97. The molecule has 25 heavy (non-hydrogen) atoms. The monoisotopic (exact) mass is 331 g/mol. The highest BCUT2D eigenvalue weighted by molar-refractivity contribution is 6.06. The number of aromatic carboxylic acids is 1. The number of aryl methyl sites for hydroxylation is 2. The number of hydrogen-bond acceptors (Lipinski definition) is 3. The van der Waals surface area contributed by atoms with Crippen LogP contribution in [0, 0.1) is 20.8 Å². The largest absolute Gasteiger partial charge is 0.478 e. The van der Waals surface area contributed by atoms with Gasteiger partial charge in [-0.05, 0) is 50.1 Å². The number of aromatic nitrogens is 1. The summed E-state index contributed by atoms with van der Waals surface area (Å²) in [5, 5.41) is 11.4. The molecule has 4 heteroatoms. The van der Waals surface area contributed by atoms with E-state index in [-0.39, 0.29) is 5.56 Å². The number of benzene rings is 2. The Morgan fingerprint density at radius 2 is 1.84 bits per heavy atom. The van der Waals surface area contributed by atoms with Crippen LogP contribution in [0.3, 0.4) is 0 Å². The quantitative estimate of drug-likeness (QED) is 0.543. The normalized spacial score (nSPS) is 11.3. The lowest BCUT2D eigenvalue weighted by molar-refractivity contribution is 0.0698. The maximum Gasteiger partial charge on any atom is 0.336 e. The first-order valence-electron chi connectivity index (χ1n) is 8.09. The van der Waals surface area contributed by atoms with Gasteiger partial charge in [0.2, 0.25) is 0 Å². The predicted octanol–water partition coefficient (Wildman–Crippen LogP) is 5.27. The van der Waals surface area contributed by atoms with Gasteiger partial charge in [0.15, 0.2) is 5.76 Å². The number of pyridine rings is 1. The van der Waals surface area contributed by atoms with E-state index in [1.807, 2.05) is 56.3 Å². The third-order valence-corrected chi connectivity index (χ3v) is 4.54. The number of hydrogen-bond donors (Lipinski definition) is 1. The maximum absolute atomic E-state index is 12.0. The van der Waals surface area contributed by atoms with Crippen molar-refractivity contribution in [3.63, 3.8) is 0 Å². The molecule has 0 radical (unpaired) electrons. The van der Waals surface area contributed by atoms with E-state index < -0.39 is 5.97 Å². The van der Waals surface area contributed by atoms with Crippen LogP contribution >= 0.6 is 0 Å².